The maximum atomic E-state index is 5.66. The molecule has 0 aliphatic heterocycles. The molecular formula is C16H21NO3. The summed E-state index contributed by atoms with van der Waals surface area (Å²) in [6.07, 6.45) is 1.71. The largest absolute Gasteiger partial charge is 0.490 e. The standard InChI is InChI=1S/C16H21NO3/c1-4-18-14-7-6-12(10-15(14)19-5-2)13-8-9-20-16(13)11-17-3/h6-10,17H,4-5,11H2,1-3H3. The third kappa shape index (κ3) is 3.14. The summed E-state index contributed by atoms with van der Waals surface area (Å²) >= 11 is 0. The molecule has 1 aromatic carbocycles. The molecule has 4 heteroatoms. The van der Waals surface area contributed by atoms with Crippen molar-refractivity contribution in [2.24, 2.45) is 0 Å². The third-order valence-corrected chi connectivity index (χ3v) is 2.94. The second-order valence-electron chi connectivity index (χ2n) is 4.32. The highest BCUT2D eigenvalue weighted by Gasteiger charge is 2.12. The van der Waals surface area contributed by atoms with Gasteiger partial charge in [-0.05, 0) is 44.7 Å². The first-order valence-electron chi connectivity index (χ1n) is 6.91. The molecule has 0 saturated carbocycles. The topological polar surface area (TPSA) is 43.6 Å². The Morgan fingerprint density at radius 2 is 1.80 bits per heavy atom. The Balaban J connectivity index is 2.36. The summed E-state index contributed by atoms with van der Waals surface area (Å²) in [6.45, 7) is 5.85. The molecule has 0 bridgehead atoms. The van der Waals surface area contributed by atoms with Gasteiger partial charge < -0.3 is 19.2 Å². The molecule has 2 aromatic rings. The van der Waals surface area contributed by atoms with E-state index in [9.17, 15) is 0 Å². The van der Waals surface area contributed by atoms with Crippen LogP contribution in [0.4, 0.5) is 0 Å². The molecule has 1 heterocycles. The average Bonchev–Trinajstić information content (AvgIpc) is 2.90. The van der Waals surface area contributed by atoms with Crippen LogP contribution < -0.4 is 14.8 Å². The molecule has 0 radical (unpaired) electrons. The summed E-state index contributed by atoms with van der Waals surface area (Å²) in [4.78, 5) is 0. The zero-order valence-corrected chi connectivity index (χ0v) is 12.2. The first-order valence-corrected chi connectivity index (χ1v) is 6.91. The van der Waals surface area contributed by atoms with Crippen molar-refractivity contribution < 1.29 is 13.9 Å². The number of nitrogens with one attached hydrogen (secondary N) is 1. The van der Waals surface area contributed by atoms with Gasteiger partial charge in [0.15, 0.2) is 11.5 Å². The van der Waals surface area contributed by atoms with Gasteiger partial charge in [-0.1, -0.05) is 6.07 Å². The summed E-state index contributed by atoms with van der Waals surface area (Å²) in [6, 6.07) is 7.94. The van der Waals surface area contributed by atoms with Crippen LogP contribution in [0.2, 0.25) is 0 Å². The van der Waals surface area contributed by atoms with Gasteiger partial charge in [0.2, 0.25) is 0 Å². The average molecular weight is 275 g/mol. The molecule has 0 unspecified atom stereocenters. The highest BCUT2D eigenvalue weighted by atomic mass is 16.5. The SMILES string of the molecule is CCOc1ccc(-c2ccoc2CNC)cc1OCC. The van der Waals surface area contributed by atoms with E-state index >= 15 is 0 Å². The van der Waals surface area contributed by atoms with E-state index in [1.807, 2.05) is 45.2 Å². The van der Waals surface area contributed by atoms with E-state index in [4.69, 9.17) is 13.9 Å². The molecule has 20 heavy (non-hydrogen) atoms. The van der Waals surface area contributed by atoms with Crippen molar-refractivity contribution in [2.45, 2.75) is 20.4 Å². The molecule has 0 amide bonds. The molecule has 0 aliphatic rings. The van der Waals surface area contributed by atoms with E-state index in [2.05, 4.69) is 5.32 Å². The number of ether oxygens (including phenoxy) is 2. The Bertz CT molecular complexity index is 548. The van der Waals surface area contributed by atoms with Gasteiger partial charge in [0.1, 0.15) is 5.76 Å². The summed E-state index contributed by atoms with van der Waals surface area (Å²) in [5.41, 5.74) is 2.14. The van der Waals surface area contributed by atoms with Gasteiger partial charge in [-0.25, -0.2) is 0 Å². The van der Waals surface area contributed by atoms with Crippen molar-refractivity contribution in [2.75, 3.05) is 20.3 Å². The maximum absolute atomic E-state index is 5.66. The van der Waals surface area contributed by atoms with Gasteiger partial charge in [-0.3, -0.25) is 0 Å². The van der Waals surface area contributed by atoms with Gasteiger partial charge in [0.25, 0.3) is 0 Å². The highest BCUT2D eigenvalue weighted by molar-refractivity contribution is 5.68. The highest BCUT2D eigenvalue weighted by Crippen LogP contribution is 2.34. The fraction of sp³-hybridized carbons (Fsp3) is 0.375. The van der Waals surface area contributed by atoms with Crippen molar-refractivity contribution in [1.82, 2.24) is 5.32 Å². The van der Waals surface area contributed by atoms with Crippen LogP contribution in [-0.2, 0) is 6.54 Å². The van der Waals surface area contributed by atoms with Gasteiger partial charge >= 0.3 is 0 Å². The van der Waals surface area contributed by atoms with Crippen LogP contribution in [0.25, 0.3) is 11.1 Å². The number of hydrogen-bond acceptors (Lipinski definition) is 4. The summed E-state index contributed by atoms with van der Waals surface area (Å²) in [7, 11) is 1.90. The van der Waals surface area contributed by atoms with Crippen molar-refractivity contribution in [1.29, 1.82) is 0 Å². The number of benzene rings is 1. The van der Waals surface area contributed by atoms with Gasteiger partial charge in [0, 0.05) is 5.56 Å². The number of hydrogen-bond donors (Lipinski definition) is 1. The van der Waals surface area contributed by atoms with Crippen LogP contribution in [0.3, 0.4) is 0 Å². The molecule has 0 spiro atoms. The maximum Gasteiger partial charge on any atom is 0.161 e. The molecule has 0 fully saturated rings. The van der Waals surface area contributed by atoms with E-state index in [1.165, 1.54) is 0 Å². The lowest BCUT2D eigenvalue weighted by Gasteiger charge is -2.12. The molecule has 0 aliphatic carbocycles. The molecule has 4 nitrogen and oxygen atoms in total. The quantitative estimate of drug-likeness (QED) is 0.840. The van der Waals surface area contributed by atoms with Crippen LogP contribution >= 0.6 is 0 Å². The van der Waals surface area contributed by atoms with E-state index in [0.717, 1.165) is 28.4 Å². The first kappa shape index (κ1) is 14.5. The molecular weight excluding hydrogens is 254 g/mol. The van der Waals surface area contributed by atoms with Crippen LogP contribution in [-0.4, -0.2) is 20.3 Å². The summed E-state index contributed by atoms with van der Waals surface area (Å²) < 4.78 is 16.7. The third-order valence-electron chi connectivity index (χ3n) is 2.94. The second kappa shape index (κ2) is 7.01. The Morgan fingerprint density at radius 1 is 1.05 bits per heavy atom. The zero-order valence-electron chi connectivity index (χ0n) is 12.2. The Hall–Kier alpha value is -1.94. The fourth-order valence-electron chi connectivity index (χ4n) is 2.11. The summed E-state index contributed by atoms with van der Waals surface area (Å²) in [5.74, 6) is 2.46. The Kier molecular flexibility index (Phi) is 5.07. The molecule has 2 rings (SSSR count). The lowest BCUT2D eigenvalue weighted by atomic mass is 10.1. The second-order valence-corrected chi connectivity index (χ2v) is 4.32. The molecule has 0 saturated heterocycles. The van der Waals surface area contributed by atoms with E-state index in [1.54, 1.807) is 6.26 Å². The molecule has 1 N–H and O–H groups in total. The number of rotatable bonds is 7. The van der Waals surface area contributed by atoms with Gasteiger partial charge in [-0.2, -0.15) is 0 Å². The van der Waals surface area contributed by atoms with Gasteiger partial charge in [0.05, 0.1) is 26.0 Å². The van der Waals surface area contributed by atoms with Crippen LogP contribution in [0.5, 0.6) is 11.5 Å². The van der Waals surface area contributed by atoms with Crippen LogP contribution in [0, 0.1) is 0 Å². The predicted octanol–water partition coefficient (Wildman–Crippen LogP) is 3.46. The van der Waals surface area contributed by atoms with E-state index in [0.29, 0.717) is 19.8 Å². The smallest absolute Gasteiger partial charge is 0.161 e. The normalized spacial score (nSPS) is 10.6. The number of furan rings is 1. The predicted molar refractivity (Wildman–Crippen MR) is 79.2 cm³/mol. The minimum Gasteiger partial charge on any atom is -0.490 e. The first-order chi connectivity index (χ1) is 9.80. The Labute approximate surface area is 119 Å². The molecule has 108 valence electrons. The van der Waals surface area contributed by atoms with Crippen molar-refractivity contribution in [3.8, 4) is 22.6 Å². The van der Waals surface area contributed by atoms with Crippen LogP contribution in [0.1, 0.15) is 19.6 Å². The molecule has 0 atom stereocenters. The van der Waals surface area contributed by atoms with Gasteiger partial charge in [-0.15, -0.1) is 0 Å². The van der Waals surface area contributed by atoms with Crippen LogP contribution in [0.15, 0.2) is 34.9 Å². The fourth-order valence-corrected chi connectivity index (χ4v) is 2.11. The lowest BCUT2D eigenvalue weighted by molar-refractivity contribution is 0.288. The minimum absolute atomic E-state index is 0.609. The zero-order chi connectivity index (χ0) is 14.4. The molecule has 1 aromatic heterocycles. The monoisotopic (exact) mass is 275 g/mol. The van der Waals surface area contributed by atoms with Crippen molar-refractivity contribution in [3.63, 3.8) is 0 Å². The van der Waals surface area contributed by atoms with E-state index in [-0.39, 0.29) is 0 Å². The van der Waals surface area contributed by atoms with Crippen molar-refractivity contribution in [3.05, 3.63) is 36.3 Å². The lowest BCUT2D eigenvalue weighted by Crippen LogP contribution is -2.05. The Morgan fingerprint density at radius 3 is 2.50 bits per heavy atom. The van der Waals surface area contributed by atoms with E-state index < -0.39 is 0 Å². The minimum atomic E-state index is 0.609. The van der Waals surface area contributed by atoms with Crippen molar-refractivity contribution >= 4 is 0 Å². The summed E-state index contributed by atoms with van der Waals surface area (Å²) in [5, 5.41) is 3.10.